The molecule has 0 aliphatic heterocycles. The fraction of sp³-hybridized carbons (Fsp3) is 0.188. The predicted octanol–water partition coefficient (Wildman–Crippen LogP) is 6.67. The van der Waals surface area contributed by atoms with Gasteiger partial charge in [-0.15, -0.1) is 0 Å². The number of hydrogen-bond acceptors (Lipinski definition) is 5. The number of hydrogen-bond donors (Lipinski definition) is 4. The van der Waals surface area contributed by atoms with Crippen molar-refractivity contribution in [1.29, 1.82) is 0 Å². The Bertz CT molecular complexity index is 1810. The van der Waals surface area contributed by atoms with Crippen LogP contribution < -0.4 is 0 Å². The summed E-state index contributed by atoms with van der Waals surface area (Å²) < 4.78 is 99.0. The molecule has 4 N–H and O–H groups in total. The molecule has 0 unspecified atom stereocenters. The lowest BCUT2D eigenvalue weighted by Crippen LogP contribution is -2.41. The largest absolute Gasteiger partial charge is 0.465 e. The molecule has 0 heterocycles. The van der Waals surface area contributed by atoms with E-state index in [1.165, 1.54) is 36.4 Å². The van der Waals surface area contributed by atoms with Gasteiger partial charge in [0.2, 0.25) is 0 Å². The highest BCUT2D eigenvalue weighted by atomic mass is 31.2. The molecule has 0 spiro atoms. The molecule has 0 amide bonds. The van der Waals surface area contributed by atoms with Crippen LogP contribution in [0.15, 0.2) is 97.1 Å². The molecule has 0 saturated carbocycles. The first-order valence-electron chi connectivity index (χ1n) is 13.8. The summed E-state index contributed by atoms with van der Waals surface area (Å²) >= 11 is 0. The zero-order chi connectivity index (χ0) is 35.7. The van der Waals surface area contributed by atoms with E-state index in [1.807, 2.05) is 0 Å². The van der Waals surface area contributed by atoms with Crippen LogP contribution in [-0.2, 0) is 43.5 Å². The van der Waals surface area contributed by atoms with Crippen molar-refractivity contribution in [3.8, 4) is 0 Å². The van der Waals surface area contributed by atoms with Gasteiger partial charge in [0.25, 0.3) is 0 Å². The second kappa shape index (κ2) is 13.5. The molecular weight excluding hydrogens is 685 g/mol. The van der Waals surface area contributed by atoms with E-state index in [4.69, 9.17) is 24.3 Å². The van der Waals surface area contributed by atoms with Crippen LogP contribution in [0, 0.1) is 5.82 Å². The van der Waals surface area contributed by atoms with Crippen LogP contribution in [0.5, 0.6) is 0 Å². The van der Waals surface area contributed by atoms with Gasteiger partial charge in [-0.05, 0) is 65.9 Å². The summed E-state index contributed by atoms with van der Waals surface area (Å²) in [5, 5.41) is 0. The number of esters is 1. The lowest BCUT2D eigenvalue weighted by atomic mass is 9.67. The predicted molar refractivity (Wildman–Crippen MR) is 162 cm³/mol. The van der Waals surface area contributed by atoms with Crippen molar-refractivity contribution in [2.45, 2.75) is 29.6 Å². The number of carbonyl (C=O) groups is 2. The van der Waals surface area contributed by atoms with E-state index < -0.39 is 60.6 Å². The zero-order valence-electron chi connectivity index (χ0n) is 24.8. The maximum atomic E-state index is 14.5. The highest BCUT2D eigenvalue weighted by Crippen LogP contribution is 2.60. The maximum absolute atomic E-state index is 14.5. The summed E-state index contributed by atoms with van der Waals surface area (Å²) in [6.45, 7) is 0. The van der Waals surface area contributed by atoms with Crippen molar-refractivity contribution in [3.63, 3.8) is 0 Å². The summed E-state index contributed by atoms with van der Waals surface area (Å²) in [5.74, 6) is -2.02. The molecule has 0 aliphatic carbocycles. The number of rotatable bonds is 12. The number of benzene rings is 4. The fourth-order valence-electron chi connectivity index (χ4n) is 5.16. The summed E-state index contributed by atoms with van der Waals surface area (Å²) in [6, 6.07) is 17.6. The van der Waals surface area contributed by atoms with Gasteiger partial charge in [0.1, 0.15) is 5.82 Å². The van der Waals surface area contributed by atoms with E-state index in [-0.39, 0.29) is 40.7 Å². The molecule has 0 bridgehead atoms. The molecule has 0 fully saturated rings. The number of Topliss-reactive ketones (excluding diaryl/α,β-unsaturated/α-hetero) is 1. The molecule has 0 radical (unpaired) electrons. The fourth-order valence-corrected chi connectivity index (χ4v) is 6.13. The van der Waals surface area contributed by atoms with Crippen LogP contribution in [0.25, 0.3) is 0 Å². The molecule has 0 aromatic heterocycles. The van der Waals surface area contributed by atoms with Crippen LogP contribution in [0.2, 0.25) is 0 Å². The van der Waals surface area contributed by atoms with Gasteiger partial charge >= 0.3 is 32.5 Å². The lowest BCUT2D eigenvalue weighted by molar-refractivity contribution is 0.0564. The molecular formula is C32H27F5O9P2. The minimum absolute atomic E-state index is 0.0113. The van der Waals surface area contributed by atoms with E-state index in [0.29, 0.717) is 0 Å². The minimum atomic E-state index is -5.90. The smallest absolute Gasteiger partial charge is 0.399 e. The van der Waals surface area contributed by atoms with Crippen LogP contribution in [0.4, 0.5) is 22.0 Å². The van der Waals surface area contributed by atoms with Gasteiger partial charge in [-0.3, -0.25) is 13.9 Å². The number of methoxy groups -OCH3 is 1. The Kier molecular flexibility index (Phi) is 10.3. The SMILES string of the molecule is COC(=O)c1ccc(C(Cc2ccc(C(F)(F)P(=O)(O)O)cc2)(Cc2ccc(C(F)(F)P(=O)(O)O)cc2)C(=O)c2ccc(F)cc2)cc1. The summed E-state index contributed by atoms with van der Waals surface area (Å²) in [4.78, 5) is 63.3. The quantitative estimate of drug-likeness (QED) is 0.0545. The highest BCUT2D eigenvalue weighted by Gasteiger charge is 2.51. The van der Waals surface area contributed by atoms with Crippen LogP contribution >= 0.6 is 15.2 Å². The van der Waals surface area contributed by atoms with Crippen LogP contribution in [0.1, 0.15) is 48.5 Å². The Hall–Kier alpha value is -4.03. The van der Waals surface area contributed by atoms with Gasteiger partial charge in [-0.25, -0.2) is 9.18 Å². The Labute approximate surface area is 270 Å². The van der Waals surface area contributed by atoms with Crippen molar-refractivity contribution < 1.29 is 65.0 Å². The van der Waals surface area contributed by atoms with E-state index in [0.717, 1.165) is 67.8 Å². The van der Waals surface area contributed by atoms with Crippen LogP contribution in [0.3, 0.4) is 0 Å². The number of halogens is 5. The third-order valence-corrected chi connectivity index (χ3v) is 9.73. The standard InChI is InChI=1S/C32H27F5O9P2/c1-46-29(39)23-6-14-24(15-7-23)30(28(38)22-8-16-27(33)17-9-22,18-20-2-10-25(11-3-20)31(34,35)47(40,41)42)19-21-4-12-26(13-5-21)32(36,37)48(43,44)45/h2-17H,18-19H2,1H3,(H2,40,41,42)(H2,43,44,45). The molecule has 254 valence electrons. The summed E-state index contributed by atoms with van der Waals surface area (Å²) in [7, 11) is -10.7. The molecule has 0 aliphatic rings. The molecule has 9 nitrogen and oxygen atoms in total. The minimum Gasteiger partial charge on any atom is -0.465 e. The van der Waals surface area contributed by atoms with Crippen molar-refractivity contribution in [2.24, 2.45) is 0 Å². The Morgan fingerprint density at radius 2 is 0.958 bits per heavy atom. The number of carbonyl (C=O) groups excluding carboxylic acids is 2. The summed E-state index contributed by atoms with van der Waals surface area (Å²) in [6.07, 6.45) is -0.605. The average molecular weight is 712 g/mol. The molecule has 0 saturated heterocycles. The normalized spacial score (nSPS) is 12.9. The molecule has 4 aromatic carbocycles. The van der Waals surface area contributed by atoms with Crippen molar-refractivity contribution >= 4 is 26.9 Å². The van der Waals surface area contributed by atoms with Gasteiger partial charge in [0.05, 0.1) is 18.1 Å². The zero-order valence-corrected chi connectivity index (χ0v) is 26.6. The first-order valence-corrected chi connectivity index (χ1v) is 17.0. The topological polar surface area (TPSA) is 158 Å². The molecule has 4 aromatic rings. The Morgan fingerprint density at radius 1 is 0.604 bits per heavy atom. The van der Waals surface area contributed by atoms with Crippen LogP contribution in [-0.4, -0.2) is 38.4 Å². The Balaban J connectivity index is 1.92. The third kappa shape index (κ3) is 7.34. The second-order valence-electron chi connectivity index (χ2n) is 10.9. The highest BCUT2D eigenvalue weighted by molar-refractivity contribution is 7.52. The monoisotopic (exact) mass is 712 g/mol. The van der Waals surface area contributed by atoms with Crippen molar-refractivity contribution in [2.75, 3.05) is 7.11 Å². The number of ketones is 1. The van der Waals surface area contributed by atoms with Gasteiger partial charge in [-0.1, -0.05) is 60.7 Å². The maximum Gasteiger partial charge on any atom is 0.399 e. The van der Waals surface area contributed by atoms with E-state index in [1.54, 1.807) is 0 Å². The molecule has 16 heteroatoms. The molecule has 0 atom stereocenters. The van der Waals surface area contributed by atoms with Gasteiger partial charge < -0.3 is 24.3 Å². The van der Waals surface area contributed by atoms with E-state index in [2.05, 4.69) is 0 Å². The van der Waals surface area contributed by atoms with Crippen molar-refractivity contribution in [3.05, 3.63) is 142 Å². The number of ether oxygens (including phenoxy) is 1. The van der Waals surface area contributed by atoms with Gasteiger partial charge in [0.15, 0.2) is 5.78 Å². The third-order valence-electron chi connectivity index (χ3n) is 7.75. The second-order valence-corrected chi connectivity index (χ2v) is 14.2. The summed E-state index contributed by atoms with van der Waals surface area (Å²) in [5.41, 5.74) is -12.1. The van der Waals surface area contributed by atoms with Gasteiger partial charge in [-0.2, -0.15) is 17.6 Å². The number of alkyl halides is 4. The Morgan fingerprint density at radius 3 is 1.31 bits per heavy atom. The first-order chi connectivity index (χ1) is 22.2. The molecule has 48 heavy (non-hydrogen) atoms. The van der Waals surface area contributed by atoms with E-state index >= 15 is 0 Å². The first kappa shape index (κ1) is 36.8. The van der Waals surface area contributed by atoms with E-state index in [9.17, 15) is 40.7 Å². The van der Waals surface area contributed by atoms with Crippen molar-refractivity contribution in [1.82, 2.24) is 0 Å². The van der Waals surface area contributed by atoms with Gasteiger partial charge in [0, 0.05) is 16.7 Å². The average Bonchev–Trinajstić information content (AvgIpc) is 3.03. The lowest BCUT2D eigenvalue weighted by Gasteiger charge is -2.34. The molecule has 4 rings (SSSR count).